The first kappa shape index (κ1) is 18.9. The number of hydrogen-bond donors (Lipinski definition) is 0. The van der Waals surface area contributed by atoms with Gasteiger partial charge in [0.1, 0.15) is 0 Å². The summed E-state index contributed by atoms with van der Waals surface area (Å²) in [5.41, 5.74) is 3.77. The SMILES string of the molecule is C[C@@H]([C@H](C#N)Cc1ccccc1)N(Cc1ccccc1)Cc1ccccc1. The highest BCUT2D eigenvalue weighted by molar-refractivity contribution is 5.20. The predicted octanol–water partition coefficient (Wildman–Crippen LogP) is 5.46. The van der Waals surface area contributed by atoms with E-state index in [0.717, 1.165) is 19.5 Å². The zero-order valence-electron chi connectivity index (χ0n) is 15.8. The van der Waals surface area contributed by atoms with Crippen LogP contribution in [0.1, 0.15) is 23.6 Å². The summed E-state index contributed by atoms with van der Waals surface area (Å²) in [5, 5.41) is 9.86. The molecular formula is C25H26N2. The van der Waals surface area contributed by atoms with Crippen LogP contribution in [0.25, 0.3) is 0 Å². The lowest BCUT2D eigenvalue weighted by molar-refractivity contribution is 0.157. The van der Waals surface area contributed by atoms with E-state index in [1.54, 1.807) is 0 Å². The Morgan fingerprint density at radius 3 is 1.52 bits per heavy atom. The van der Waals surface area contributed by atoms with Crippen LogP contribution in [0.15, 0.2) is 91.0 Å². The van der Waals surface area contributed by atoms with Crippen molar-refractivity contribution < 1.29 is 0 Å². The minimum Gasteiger partial charge on any atom is -0.291 e. The fourth-order valence-electron chi connectivity index (χ4n) is 3.43. The van der Waals surface area contributed by atoms with Crippen molar-refractivity contribution in [1.29, 1.82) is 5.26 Å². The topological polar surface area (TPSA) is 27.0 Å². The van der Waals surface area contributed by atoms with Gasteiger partial charge in [0.15, 0.2) is 0 Å². The Hall–Kier alpha value is -2.89. The van der Waals surface area contributed by atoms with E-state index in [2.05, 4.69) is 78.6 Å². The molecule has 0 N–H and O–H groups in total. The first-order chi connectivity index (χ1) is 13.3. The molecule has 27 heavy (non-hydrogen) atoms. The second-order valence-corrected chi connectivity index (χ2v) is 7.04. The van der Waals surface area contributed by atoms with Gasteiger partial charge in [0.05, 0.1) is 12.0 Å². The Morgan fingerprint density at radius 1 is 0.704 bits per heavy atom. The molecule has 0 bridgehead atoms. The van der Waals surface area contributed by atoms with Gasteiger partial charge < -0.3 is 0 Å². The van der Waals surface area contributed by atoms with Crippen molar-refractivity contribution in [3.8, 4) is 6.07 Å². The number of nitriles is 1. The van der Waals surface area contributed by atoms with Gasteiger partial charge in [-0.3, -0.25) is 4.90 Å². The highest BCUT2D eigenvalue weighted by atomic mass is 15.2. The maximum absolute atomic E-state index is 9.86. The molecule has 136 valence electrons. The average molecular weight is 354 g/mol. The van der Waals surface area contributed by atoms with E-state index >= 15 is 0 Å². The summed E-state index contributed by atoms with van der Waals surface area (Å²) in [4.78, 5) is 2.42. The molecule has 0 amide bonds. The molecule has 0 unspecified atom stereocenters. The fourth-order valence-corrected chi connectivity index (χ4v) is 3.43. The zero-order valence-corrected chi connectivity index (χ0v) is 15.8. The molecule has 0 radical (unpaired) electrons. The number of hydrogen-bond acceptors (Lipinski definition) is 2. The Balaban J connectivity index is 1.80. The van der Waals surface area contributed by atoms with Gasteiger partial charge in [-0.15, -0.1) is 0 Å². The lowest BCUT2D eigenvalue weighted by Crippen LogP contribution is -2.38. The van der Waals surface area contributed by atoms with Gasteiger partial charge in [-0.1, -0.05) is 91.0 Å². The van der Waals surface area contributed by atoms with E-state index in [9.17, 15) is 5.26 Å². The fraction of sp³-hybridized carbons (Fsp3) is 0.240. The molecule has 0 saturated heterocycles. The van der Waals surface area contributed by atoms with Gasteiger partial charge >= 0.3 is 0 Å². The summed E-state index contributed by atoms with van der Waals surface area (Å²) < 4.78 is 0. The average Bonchev–Trinajstić information content (AvgIpc) is 2.73. The molecule has 0 aliphatic heterocycles. The van der Waals surface area contributed by atoms with Crippen molar-refractivity contribution >= 4 is 0 Å². The second kappa shape index (κ2) is 9.71. The quantitative estimate of drug-likeness (QED) is 0.537. The van der Waals surface area contributed by atoms with Crippen molar-refractivity contribution in [2.45, 2.75) is 32.5 Å². The highest BCUT2D eigenvalue weighted by Gasteiger charge is 2.24. The normalized spacial score (nSPS) is 13.1. The van der Waals surface area contributed by atoms with Gasteiger partial charge in [0, 0.05) is 19.1 Å². The first-order valence-corrected chi connectivity index (χ1v) is 9.51. The van der Waals surface area contributed by atoms with Crippen molar-refractivity contribution in [3.63, 3.8) is 0 Å². The summed E-state index contributed by atoms with van der Waals surface area (Å²) in [6.07, 6.45) is 0.776. The van der Waals surface area contributed by atoms with Crippen LogP contribution in [-0.2, 0) is 19.5 Å². The van der Waals surface area contributed by atoms with Crippen LogP contribution < -0.4 is 0 Å². The molecule has 0 fully saturated rings. The summed E-state index contributed by atoms with van der Waals surface area (Å²) in [5.74, 6) is -0.0557. The van der Waals surface area contributed by atoms with E-state index < -0.39 is 0 Å². The van der Waals surface area contributed by atoms with E-state index in [-0.39, 0.29) is 12.0 Å². The smallest absolute Gasteiger partial charge is 0.0675 e. The summed E-state index contributed by atoms with van der Waals surface area (Å²) in [7, 11) is 0. The molecule has 0 heterocycles. The summed E-state index contributed by atoms with van der Waals surface area (Å²) >= 11 is 0. The number of rotatable bonds is 8. The predicted molar refractivity (Wildman–Crippen MR) is 111 cm³/mol. The van der Waals surface area contributed by atoms with Crippen molar-refractivity contribution in [1.82, 2.24) is 4.90 Å². The lowest BCUT2D eigenvalue weighted by Gasteiger charge is -2.32. The van der Waals surface area contributed by atoms with Gasteiger partial charge in [-0.2, -0.15) is 5.26 Å². The molecular weight excluding hydrogens is 328 g/mol. The van der Waals surface area contributed by atoms with Crippen LogP contribution in [0.3, 0.4) is 0 Å². The van der Waals surface area contributed by atoms with Gasteiger partial charge in [-0.05, 0) is 30.0 Å². The molecule has 3 aromatic carbocycles. The Kier molecular flexibility index (Phi) is 6.79. The largest absolute Gasteiger partial charge is 0.291 e. The second-order valence-electron chi connectivity index (χ2n) is 7.04. The maximum atomic E-state index is 9.86. The molecule has 0 aliphatic rings. The molecule has 3 rings (SSSR count). The van der Waals surface area contributed by atoms with E-state index in [0.29, 0.717) is 0 Å². The van der Waals surface area contributed by atoms with Crippen molar-refractivity contribution in [2.24, 2.45) is 5.92 Å². The van der Waals surface area contributed by atoms with Crippen LogP contribution in [0.2, 0.25) is 0 Å². The van der Waals surface area contributed by atoms with Crippen molar-refractivity contribution in [3.05, 3.63) is 108 Å². The number of benzene rings is 3. The van der Waals surface area contributed by atoms with Crippen LogP contribution in [0.5, 0.6) is 0 Å². The maximum Gasteiger partial charge on any atom is 0.0675 e. The molecule has 3 aromatic rings. The monoisotopic (exact) mass is 354 g/mol. The van der Waals surface area contributed by atoms with Crippen LogP contribution >= 0.6 is 0 Å². The van der Waals surface area contributed by atoms with Gasteiger partial charge in [0.2, 0.25) is 0 Å². The molecule has 2 atom stereocenters. The van der Waals surface area contributed by atoms with E-state index in [1.807, 2.05) is 30.3 Å². The Bertz CT molecular complexity index is 796. The highest BCUT2D eigenvalue weighted by Crippen LogP contribution is 2.21. The van der Waals surface area contributed by atoms with E-state index in [1.165, 1.54) is 16.7 Å². The summed E-state index contributed by atoms with van der Waals surface area (Å²) in [6, 6.07) is 34.0. The van der Waals surface area contributed by atoms with Crippen LogP contribution in [0.4, 0.5) is 0 Å². The third-order valence-corrected chi connectivity index (χ3v) is 5.08. The van der Waals surface area contributed by atoms with Crippen LogP contribution in [-0.4, -0.2) is 10.9 Å². The molecule has 0 aliphatic carbocycles. The van der Waals surface area contributed by atoms with Gasteiger partial charge in [0.25, 0.3) is 0 Å². The van der Waals surface area contributed by atoms with E-state index in [4.69, 9.17) is 0 Å². The Labute approximate surface area is 162 Å². The molecule has 0 spiro atoms. The minimum absolute atomic E-state index is 0.0557. The van der Waals surface area contributed by atoms with Crippen LogP contribution in [0, 0.1) is 17.2 Å². The third-order valence-electron chi connectivity index (χ3n) is 5.08. The Morgan fingerprint density at radius 2 is 1.11 bits per heavy atom. The first-order valence-electron chi connectivity index (χ1n) is 9.51. The lowest BCUT2D eigenvalue weighted by atomic mass is 9.92. The van der Waals surface area contributed by atoms with Crippen molar-refractivity contribution in [2.75, 3.05) is 0 Å². The third kappa shape index (κ3) is 5.54. The molecule has 0 saturated carbocycles. The molecule has 0 aromatic heterocycles. The number of nitrogens with zero attached hydrogens (tertiary/aromatic N) is 2. The standard InChI is InChI=1S/C25H26N2/c1-21(25(18-26)17-22-11-5-2-6-12-22)27(19-23-13-7-3-8-14-23)20-24-15-9-4-10-16-24/h2-16,21,25H,17,19-20H2,1H3/t21-,25-/m0/s1. The van der Waals surface area contributed by atoms with Gasteiger partial charge in [-0.25, -0.2) is 0 Å². The zero-order chi connectivity index (χ0) is 18.9. The minimum atomic E-state index is -0.0557. The molecule has 2 nitrogen and oxygen atoms in total. The molecule has 2 heteroatoms. The summed E-state index contributed by atoms with van der Waals surface area (Å²) in [6.45, 7) is 3.86.